The van der Waals surface area contributed by atoms with Crippen molar-refractivity contribution in [2.75, 3.05) is 52.5 Å². The number of allylic oxidation sites excluding steroid dienone is 8. The van der Waals surface area contributed by atoms with Gasteiger partial charge in [-0.15, -0.1) is 0 Å². The van der Waals surface area contributed by atoms with Crippen LogP contribution in [-0.2, 0) is 26.9 Å². The lowest BCUT2D eigenvalue weighted by molar-refractivity contribution is -0.442. The van der Waals surface area contributed by atoms with Gasteiger partial charge in [-0.3, -0.25) is 0 Å². The molecule has 0 amide bonds. The Labute approximate surface area is 286 Å². The molecule has 0 saturated carbocycles. The van der Waals surface area contributed by atoms with E-state index in [1.54, 1.807) is 21.3 Å². The van der Waals surface area contributed by atoms with Crippen LogP contribution < -0.4 is 9.64 Å². The summed E-state index contributed by atoms with van der Waals surface area (Å²) in [6.07, 6.45) is 11.9. The minimum atomic E-state index is -0.240. The van der Waals surface area contributed by atoms with Gasteiger partial charge in [0.05, 0.1) is 25.7 Å². The number of hydrogen-bond acceptors (Lipinski definition) is 5. The number of rotatable bonds is 11. The van der Waals surface area contributed by atoms with Gasteiger partial charge in [-0.25, -0.2) is 0 Å². The smallest absolute Gasteiger partial charge is 0.213 e. The average molecular weight is 660 g/mol. The van der Waals surface area contributed by atoms with E-state index in [-0.39, 0.29) is 17.4 Å². The SMILES string of the molecule is COCCN1C(=CC=C2CCCC(C=CC3=[N+](CCOC)c4c(C)cc(OC)cc4C3(C)C)=C2Cl)C(C)(C)c2cc(CO)cc(C)c21. The second-order valence-electron chi connectivity index (χ2n) is 14.0. The number of aliphatic hydroxyl groups excluding tert-OH is 1. The summed E-state index contributed by atoms with van der Waals surface area (Å²) in [7, 11) is 5.23. The van der Waals surface area contributed by atoms with Crippen molar-refractivity contribution in [3.63, 3.8) is 0 Å². The van der Waals surface area contributed by atoms with E-state index in [9.17, 15) is 5.11 Å². The van der Waals surface area contributed by atoms with Crippen molar-refractivity contribution < 1.29 is 23.9 Å². The van der Waals surface area contributed by atoms with Gasteiger partial charge in [0.2, 0.25) is 5.69 Å². The molecule has 3 aliphatic rings. The van der Waals surface area contributed by atoms with E-state index in [1.807, 2.05) is 0 Å². The molecule has 0 saturated heterocycles. The van der Waals surface area contributed by atoms with Gasteiger partial charge in [-0.2, -0.15) is 4.58 Å². The fourth-order valence-corrected chi connectivity index (χ4v) is 7.98. The molecule has 252 valence electrons. The van der Waals surface area contributed by atoms with Crippen LogP contribution in [0, 0.1) is 13.8 Å². The Bertz CT molecular complexity index is 1690. The van der Waals surface area contributed by atoms with E-state index in [0.29, 0.717) is 13.2 Å². The van der Waals surface area contributed by atoms with E-state index in [1.165, 1.54) is 39.5 Å². The van der Waals surface area contributed by atoms with Crippen molar-refractivity contribution in [3.8, 4) is 5.75 Å². The highest BCUT2D eigenvalue weighted by Gasteiger charge is 2.46. The maximum absolute atomic E-state index is 9.94. The number of aryl methyl sites for hydroxylation is 2. The quantitative estimate of drug-likeness (QED) is 0.246. The van der Waals surface area contributed by atoms with Crippen molar-refractivity contribution in [2.45, 2.75) is 78.2 Å². The number of fused-ring (bicyclic) bond motifs is 2. The summed E-state index contributed by atoms with van der Waals surface area (Å²) in [4.78, 5) is 2.38. The van der Waals surface area contributed by atoms with Gasteiger partial charge in [-0.05, 0) is 93.0 Å². The third-order valence-corrected chi connectivity index (χ3v) is 10.7. The van der Waals surface area contributed by atoms with E-state index in [4.69, 9.17) is 25.8 Å². The molecule has 0 atom stereocenters. The van der Waals surface area contributed by atoms with Gasteiger partial charge >= 0.3 is 0 Å². The first-order chi connectivity index (χ1) is 22.4. The van der Waals surface area contributed by atoms with E-state index < -0.39 is 0 Å². The normalized spacial score (nSPS) is 20.3. The molecule has 0 bridgehead atoms. The van der Waals surface area contributed by atoms with Gasteiger partial charge in [-0.1, -0.05) is 49.7 Å². The summed E-state index contributed by atoms with van der Waals surface area (Å²) in [5.74, 6) is 0.881. The molecule has 7 heteroatoms. The third kappa shape index (κ3) is 6.50. The molecule has 2 heterocycles. The summed E-state index contributed by atoms with van der Waals surface area (Å²) in [5, 5.41) is 10.8. The highest BCUT2D eigenvalue weighted by atomic mass is 35.5. The zero-order valence-electron chi connectivity index (χ0n) is 29.7. The molecule has 0 spiro atoms. The molecule has 2 aromatic carbocycles. The Morgan fingerprint density at radius 1 is 0.894 bits per heavy atom. The van der Waals surface area contributed by atoms with Crippen LogP contribution in [0.1, 0.15) is 74.8 Å². The Kier molecular flexibility index (Phi) is 10.6. The Morgan fingerprint density at radius 3 is 2.32 bits per heavy atom. The highest BCUT2D eigenvalue weighted by molar-refractivity contribution is 6.32. The van der Waals surface area contributed by atoms with Crippen LogP contribution in [-0.4, -0.2) is 63.0 Å². The monoisotopic (exact) mass is 659 g/mol. The third-order valence-electron chi connectivity index (χ3n) is 10.2. The molecule has 2 aromatic rings. The van der Waals surface area contributed by atoms with Crippen LogP contribution >= 0.6 is 11.6 Å². The summed E-state index contributed by atoms with van der Waals surface area (Å²) >= 11 is 7.22. The molecule has 0 fully saturated rings. The predicted molar refractivity (Wildman–Crippen MR) is 194 cm³/mol. The molecule has 6 nitrogen and oxygen atoms in total. The maximum atomic E-state index is 9.94. The van der Waals surface area contributed by atoms with Crippen LogP contribution in [0.25, 0.3) is 0 Å². The molecule has 0 radical (unpaired) electrons. The number of hydrogen-bond donors (Lipinski definition) is 1. The summed E-state index contributed by atoms with van der Waals surface area (Å²) in [6.45, 7) is 16.2. The zero-order chi connectivity index (χ0) is 34.1. The highest BCUT2D eigenvalue weighted by Crippen LogP contribution is 2.50. The number of ether oxygens (including phenoxy) is 3. The second kappa shape index (κ2) is 14.1. The van der Waals surface area contributed by atoms with Crippen molar-refractivity contribution in [1.82, 2.24) is 0 Å². The maximum Gasteiger partial charge on any atom is 0.213 e. The second-order valence-corrected chi connectivity index (χ2v) is 14.4. The number of aliphatic hydroxyl groups is 1. The van der Waals surface area contributed by atoms with E-state index >= 15 is 0 Å². The fourth-order valence-electron chi connectivity index (χ4n) is 7.66. The lowest BCUT2D eigenvalue weighted by Gasteiger charge is -2.27. The van der Waals surface area contributed by atoms with Gasteiger partial charge in [0.25, 0.3) is 0 Å². The van der Waals surface area contributed by atoms with Crippen LogP contribution in [0.4, 0.5) is 11.4 Å². The van der Waals surface area contributed by atoms with Crippen molar-refractivity contribution in [1.29, 1.82) is 0 Å². The molecular formula is C40H52ClN2O4+. The number of anilines is 1. The topological polar surface area (TPSA) is 54.2 Å². The van der Waals surface area contributed by atoms with Crippen LogP contribution in [0.5, 0.6) is 5.75 Å². The Balaban J connectivity index is 1.53. The average Bonchev–Trinajstić information content (AvgIpc) is 3.39. The van der Waals surface area contributed by atoms with Crippen molar-refractivity contribution >= 4 is 28.7 Å². The fraction of sp³-hybridized carbons (Fsp3) is 0.475. The molecular weight excluding hydrogens is 608 g/mol. The molecule has 1 aliphatic carbocycles. The van der Waals surface area contributed by atoms with Gasteiger partial charge in [0.1, 0.15) is 12.4 Å². The first kappa shape index (κ1) is 35.2. The van der Waals surface area contributed by atoms with Gasteiger partial charge < -0.3 is 24.2 Å². The van der Waals surface area contributed by atoms with Gasteiger partial charge in [0.15, 0.2) is 12.3 Å². The Hall–Kier alpha value is -3.16. The number of benzene rings is 2. The first-order valence-corrected chi connectivity index (χ1v) is 17.1. The van der Waals surface area contributed by atoms with Crippen LogP contribution in [0.2, 0.25) is 0 Å². The van der Waals surface area contributed by atoms with Gasteiger partial charge in [0, 0.05) is 59.8 Å². The van der Waals surface area contributed by atoms with Crippen molar-refractivity contribution in [2.24, 2.45) is 0 Å². The first-order valence-electron chi connectivity index (χ1n) is 16.7. The molecule has 5 rings (SSSR count). The lowest BCUT2D eigenvalue weighted by Crippen LogP contribution is -2.29. The van der Waals surface area contributed by atoms with Crippen LogP contribution in [0.15, 0.2) is 70.4 Å². The largest absolute Gasteiger partial charge is 0.497 e. The lowest BCUT2D eigenvalue weighted by atomic mass is 9.80. The Morgan fingerprint density at radius 2 is 1.64 bits per heavy atom. The number of methoxy groups -OCH3 is 3. The molecule has 2 aliphatic heterocycles. The standard InChI is InChI=1S/C40H52ClN2O4/c1-26-21-28(25-44)23-32-37(26)42(17-19-45-7)34(39(32,3)4)15-13-29-11-10-12-30(36(29)41)14-16-35-40(5,6)33-24-31(47-9)22-27(2)38(33)43(35)18-20-46-8/h13-16,21-24,44H,10-12,17-20,25H2,1-9H3/q+1. The predicted octanol–water partition coefficient (Wildman–Crippen LogP) is 8.31. The van der Waals surface area contributed by atoms with E-state index in [2.05, 4.69) is 99.6 Å². The molecule has 0 unspecified atom stereocenters. The van der Waals surface area contributed by atoms with Crippen molar-refractivity contribution in [3.05, 3.63) is 98.3 Å². The molecule has 47 heavy (non-hydrogen) atoms. The number of halogens is 1. The number of nitrogens with zero attached hydrogens (tertiary/aromatic N) is 2. The molecule has 1 N–H and O–H groups in total. The summed E-state index contributed by atoms with van der Waals surface area (Å²) in [5.41, 5.74) is 12.6. The van der Waals surface area contributed by atoms with Crippen LogP contribution in [0.3, 0.4) is 0 Å². The van der Waals surface area contributed by atoms with E-state index in [0.717, 1.165) is 65.4 Å². The summed E-state index contributed by atoms with van der Waals surface area (Å²) < 4.78 is 19.1. The minimum absolute atomic E-state index is 0.0302. The summed E-state index contributed by atoms with van der Waals surface area (Å²) in [6, 6.07) is 8.53. The molecule has 0 aromatic heterocycles. The zero-order valence-corrected chi connectivity index (χ0v) is 30.5. The minimum Gasteiger partial charge on any atom is -0.497 e.